The van der Waals surface area contributed by atoms with Gasteiger partial charge in [0.2, 0.25) is 0 Å². The highest BCUT2D eigenvalue weighted by Gasteiger charge is 2.30. The van der Waals surface area contributed by atoms with Gasteiger partial charge in [0.1, 0.15) is 24.0 Å². The molecule has 146 valence electrons. The molecular weight excluding hydrogens is 395 g/mol. The second kappa shape index (κ2) is 9.29. The van der Waals surface area contributed by atoms with E-state index < -0.39 is 17.7 Å². The maximum absolute atomic E-state index is 12.8. The number of ether oxygens (including phenoxy) is 2. The van der Waals surface area contributed by atoms with Crippen LogP contribution >= 0.6 is 11.6 Å². The zero-order valence-corrected chi connectivity index (χ0v) is 15.5. The van der Waals surface area contributed by atoms with Gasteiger partial charge in [-0.2, -0.15) is 18.4 Å². The van der Waals surface area contributed by atoms with E-state index in [-0.39, 0.29) is 24.5 Å². The Morgan fingerprint density at radius 2 is 2.00 bits per heavy atom. The highest BCUT2D eigenvalue weighted by molar-refractivity contribution is 6.30. The molecule has 28 heavy (non-hydrogen) atoms. The van der Waals surface area contributed by atoms with Gasteiger partial charge in [-0.3, -0.25) is 0 Å². The Hall–Kier alpha value is -2.98. The zero-order valence-electron chi connectivity index (χ0n) is 14.7. The molecule has 0 heterocycles. The summed E-state index contributed by atoms with van der Waals surface area (Å²) in [5, 5.41) is 9.49. The summed E-state index contributed by atoms with van der Waals surface area (Å²) >= 11 is 5.96. The number of rotatable bonds is 6. The van der Waals surface area contributed by atoms with Crippen LogP contribution in [0, 0.1) is 11.3 Å². The third kappa shape index (κ3) is 5.76. The number of esters is 1. The number of hydrogen-bond donors (Lipinski definition) is 0. The summed E-state index contributed by atoms with van der Waals surface area (Å²) in [6.45, 7) is 1.57. The SMILES string of the molecule is CCOC(=O)C(C#N)=Cc1cc(Cl)ccc1OCc1cccc(C(F)(F)F)c1. The molecule has 0 radical (unpaired) electrons. The van der Waals surface area contributed by atoms with Gasteiger partial charge in [-0.05, 0) is 48.9 Å². The van der Waals surface area contributed by atoms with Crippen LogP contribution in [-0.2, 0) is 22.3 Å². The fourth-order valence-electron chi connectivity index (χ4n) is 2.26. The minimum absolute atomic E-state index is 0.103. The summed E-state index contributed by atoms with van der Waals surface area (Å²) in [6.07, 6.45) is -3.20. The maximum atomic E-state index is 12.8. The minimum Gasteiger partial charge on any atom is -0.488 e. The number of carbonyl (C=O) groups excluding carboxylic acids is 1. The average Bonchev–Trinajstić information content (AvgIpc) is 2.65. The molecule has 0 aromatic heterocycles. The standard InChI is InChI=1S/C20H15ClF3NO3/c1-2-27-19(26)15(11-25)9-14-10-17(21)6-7-18(14)28-12-13-4-3-5-16(8-13)20(22,23)24/h3-10H,2,12H2,1H3. The molecule has 0 aliphatic carbocycles. The summed E-state index contributed by atoms with van der Waals surface area (Å²) < 4.78 is 48.9. The van der Waals surface area contributed by atoms with E-state index in [0.717, 1.165) is 12.1 Å². The molecule has 0 saturated carbocycles. The van der Waals surface area contributed by atoms with Gasteiger partial charge in [0, 0.05) is 10.6 Å². The van der Waals surface area contributed by atoms with Crippen molar-refractivity contribution in [1.82, 2.24) is 0 Å². The van der Waals surface area contributed by atoms with E-state index in [1.165, 1.54) is 36.4 Å². The largest absolute Gasteiger partial charge is 0.488 e. The monoisotopic (exact) mass is 409 g/mol. The van der Waals surface area contributed by atoms with Crippen LogP contribution in [0.2, 0.25) is 5.02 Å². The molecule has 0 spiro atoms. The summed E-state index contributed by atoms with van der Waals surface area (Å²) in [5.41, 5.74) is -0.401. The zero-order chi connectivity index (χ0) is 20.7. The van der Waals surface area contributed by atoms with Crippen molar-refractivity contribution in [2.75, 3.05) is 6.61 Å². The van der Waals surface area contributed by atoms with Crippen molar-refractivity contribution in [1.29, 1.82) is 5.26 Å². The van der Waals surface area contributed by atoms with Crippen LogP contribution in [-0.4, -0.2) is 12.6 Å². The first kappa shape index (κ1) is 21.3. The van der Waals surface area contributed by atoms with Crippen LogP contribution in [0.4, 0.5) is 13.2 Å². The predicted molar refractivity (Wildman–Crippen MR) is 97.5 cm³/mol. The van der Waals surface area contributed by atoms with E-state index in [0.29, 0.717) is 16.1 Å². The van der Waals surface area contributed by atoms with Crippen molar-refractivity contribution < 1.29 is 27.4 Å². The quantitative estimate of drug-likeness (QED) is 0.363. The Labute approximate surface area is 164 Å². The lowest BCUT2D eigenvalue weighted by atomic mass is 10.1. The van der Waals surface area contributed by atoms with Crippen LogP contribution in [0.3, 0.4) is 0 Å². The molecule has 0 aliphatic rings. The van der Waals surface area contributed by atoms with Gasteiger partial charge >= 0.3 is 12.1 Å². The average molecular weight is 410 g/mol. The van der Waals surface area contributed by atoms with Gasteiger partial charge in [-0.25, -0.2) is 4.79 Å². The van der Waals surface area contributed by atoms with Crippen LogP contribution in [0.1, 0.15) is 23.6 Å². The Morgan fingerprint density at radius 3 is 2.64 bits per heavy atom. The number of nitrogens with zero attached hydrogens (tertiary/aromatic N) is 1. The molecule has 0 atom stereocenters. The van der Waals surface area contributed by atoms with Gasteiger partial charge in [-0.15, -0.1) is 0 Å². The summed E-state index contributed by atoms with van der Waals surface area (Å²) in [4.78, 5) is 11.8. The summed E-state index contributed by atoms with van der Waals surface area (Å²) in [7, 11) is 0. The molecule has 0 unspecified atom stereocenters. The highest BCUT2D eigenvalue weighted by atomic mass is 35.5. The Balaban J connectivity index is 2.28. The number of benzene rings is 2. The lowest BCUT2D eigenvalue weighted by Gasteiger charge is -2.12. The van der Waals surface area contributed by atoms with Gasteiger partial charge in [0.25, 0.3) is 0 Å². The van der Waals surface area contributed by atoms with Crippen molar-refractivity contribution in [3.05, 3.63) is 69.8 Å². The van der Waals surface area contributed by atoms with Crippen LogP contribution < -0.4 is 4.74 Å². The van der Waals surface area contributed by atoms with Crippen molar-refractivity contribution in [2.45, 2.75) is 19.7 Å². The molecule has 0 aliphatic heterocycles. The third-order valence-electron chi connectivity index (χ3n) is 3.54. The summed E-state index contributed by atoms with van der Waals surface area (Å²) in [5.74, 6) is -0.548. The molecule has 2 aromatic carbocycles. The molecule has 0 bridgehead atoms. The second-order valence-corrected chi connectivity index (χ2v) is 6.00. The lowest BCUT2D eigenvalue weighted by molar-refractivity contribution is -0.138. The Bertz CT molecular complexity index is 933. The van der Waals surface area contributed by atoms with Gasteiger partial charge in [0.05, 0.1) is 12.2 Å². The molecule has 4 nitrogen and oxygen atoms in total. The van der Waals surface area contributed by atoms with Crippen molar-refractivity contribution in [3.8, 4) is 11.8 Å². The molecular formula is C20H15ClF3NO3. The number of nitriles is 1. The first-order chi connectivity index (χ1) is 13.2. The number of hydrogen-bond acceptors (Lipinski definition) is 4. The smallest absolute Gasteiger partial charge is 0.416 e. The van der Waals surface area contributed by atoms with E-state index in [1.807, 2.05) is 0 Å². The van der Waals surface area contributed by atoms with Crippen LogP contribution in [0.25, 0.3) is 6.08 Å². The predicted octanol–water partition coefficient (Wildman–Crippen LogP) is 5.41. The molecule has 2 rings (SSSR count). The molecule has 8 heteroatoms. The fourth-order valence-corrected chi connectivity index (χ4v) is 2.44. The first-order valence-electron chi connectivity index (χ1n) is 8.12. The van der Waals surface area contributed by atoms with Gasteiger partial charge < -0.3 is 9.47 Å². The molecule has 0 amide bonds. The summed E-state index contributed by atoms with van der Waals surface area (Å²) in [6, 6.07) is 11.0. The van der Waals surface area contributed by atoms with E-state index in [1.54, 1.807) is 13.0 Å². The Kier molecular flexibility index (Phi) is 7.07. The van der Waals surface area contributed by atoms with Crippen LogP contribution in [0.5, 0.6) is 5.75 Å². The van der Waals surface area contributed by atoms with E-state index in [9.17, 15) is 18.0 Å². The van der Waals surface area contributed by atoms with Gasteiger partial charge in [-0.1, -0.05) is 23.7 Å². The van der Waals surface area contributed by atoms with Crippen LogP contribution in [0.15, 0.2) is 48.0 Å². The fraction of sp³-hybridized carbons (Fsp3) is 0.200. The van der Waals surface area contributed by atoms with Crippen molar-refractivity contribution in [2.24, 2.45) is 0 Å². The first-order valence-corrected chi connectivity index (χ1v) is 8.49. The maximum Gasteiger partial charge on any atom is 0.416 e. The van der Waals surface area contributed by atoms with E-state index in [4.69, 9.17) is 26.3 Å². The number of carbonyl (C=O) groups is 1. The molecule has 2 aromatic rings. The van der Waals surface area contributed by atoms with Crippen molar-refractivity contribution in [3.63, 3.8) is 0 Å². The normalized spacial score (nSPS) is 11.6. The van der Waals surface area contributed by atoms with E-state index >= 15 is 0 Å². The minimum atomic E-state index is -4.45. The number of alkyl halides is 3. The van der Waals surface area contributed by atoms with Crippen molar-refractivity contribution >= 4 is 23.6 Å². The molecule has 0 saturated heterocycles. The lowest BCUT2D eigenvalue weighted by Crippen LogP contribution is -2.07. The number of halogens is 4. The van der Waals surface area contributed by atoms with Gasteiger partial charge in [0.15, 0.2) is 0 Å². The topological polar surface area (TPSA) is 59.3 Å². The van der Waals surface area contributed by atoms with E-state index in [2.05, 4.69) is 0 Å². The molecule has 0 N–H and O–H groups in total. The Morgan fingerprint density at radius 1 is 1.25 bits per heavy atom. The molecule has 0 fully saturated rings. The third-order valence-corrected chi connectivity index (χ3v) is 3.77. The second-order valence-electron chi connectivity index (χ2n) is 5.56. The highest BCUT2D eigenvalue weighted by Crippen LogP contribution is 2.30.